The van der Waals surface area contributed by atoms with Crippen LogP contribution in [0.4, 0.5) is 0 Å². The van der Waals surface area contributed by atoms with E-state index in [0.29, 0.717) is 27.8 Å². The van der Waals surface area contributed by atoms with Crippen molar-refractivity contribution in [3.8, 4) is 0 Å². The van der Waals surface area contributed by atoms with Gasteiger partial charge in [-0.05, 0) is 18.2 Å². The molecule has 114 valence electrons. The number of aryl methyl sites for hydroxylation is 1. The van der Waals surface area contributed by atoms with Crippen LogP contribution in [0, 0.1) is 0 Å². The molecular formula is C13H14N6O2S. The number of carbonyl (C=O) groups excluding carboxylic acids is 1. The maximum Gasteiger partial charge on any atom is 0.184 e. The highest BCUT2D eigenvalue weighted by molar-refractivity contribution is 7.99. The number of aliphatic hydroxyl groups is 1. The largest absolute Gasteiger partial charge is 0.396 e. The molecule has 0 spiro atoms. The lowest BCUT2D eigenvalue weighted by Crippen LogP contribution is -2.04. The van der Waals surface area contributed by atoms with E-state index in [1.54, 1.807) is 17.2 Å². The number of aliphatic hydroxyl groups excluding tert-OH is 1. The first kappa shape index (κ1) is 14.7. The number of nitrogens with zero attached hydrogens (tertiary/aromatic N) is 5. The van der Waals surface area contributed by atoms with Crippen LogP contribution >= 0.6 is 11.8 Å². The summed E-state index contributed by atoms with van der Waals surface area (Å²) in [5.41, 5.74) is 1.70. The van der Waals surface area contributed by atoms with Crippen LogP contribution in [0.2, 0.25) is 0 Å². The Morgan fingerprint density at radius 3 is 3.05 bits per heavy atom. The van der Waals surface area contributed by atoms with E-state index in [-0.39, 0.29) is 18.8 Å². The molecule has 0 radical (unpaired) electrons. The zero-order valence-electron chi connectivity index (χ0n) is 11.9. The van der Waals surface area contributed by atoms with E-state index in [1.165, 1.54) is 18.1 Å². The molecule has 2 N–H and O–H groups in total. The minimum atomic E-state index is -0.0907. The summed E-state index contributed by atoms with van der Waals surface area (Å²) in [7, 11) is 1.82. The fourth-order valence-electron chi connectivity index (χ4n) is 2.00. The molecule has 0 aliphatic rings. The Morgan fingerprint density at radius 2 is 2.23 bits per heavy atom. The Labute approximate surface area is 130 Å². The summed E-state index contributed by atoms with van der Waals surface area (Å²) in [6, 6.07) is 0. The number of rotatable bonds is 6. The quantitative estimate of drug-likeness (QED) is 0.519. The van der Waals surface area contributed by atoms with Gasteiger partial charge in [-0.2, -0.15) is 0 Å². The van der Waals surface area contributed by atoms with Crippen LogP contribution in [0.1, 0.15) is 23.3 Å². The van der Waals surface area contributed by atoms with Gasteiger partial charge in [0.15, 0.2) is 11.4 Å². The van der Waals surface area contributed by atoms with Gasteiger partial charge in [0.05, 0.1) is 12.7 Å². The lowest BCUT2D eigenvalue weighted by atomic mass is 10.2. The van der Waals surface area contributed by atoms with Gasteiger partial charge in [-0.1, -0.05) is 0 Å². The summed E-state index contributed by atoms with van der Waals surface area (Å²) in [6.07, 6.45) is 5.29. The number of nitrogens with one attached hydrogen (secondary N) is 1. The van der Waals surface area contributed by atoms with Gasteiger partial charge in [0.1, 0.15) is 27.6 Å². The Kier molecular flexibility index (Phi) is 4.16. The number of carbonyl (C=O) groups is 1. The molecular weight excluding hydrogens is 304 g/mol. The van der Waals surface area contributed by atoms with Crippen molar-refractivity contribution in [2.45, 2.75) is 22.9 Å². The highest BCUT2D eigenvalue weighted by Gasteiger charge is 2.19. The maximum absolute atomic E-state index is 12.2. The summed E-state index contributed by atoms with van der Waals surface area (Å²) in [4.78, 5) is 31.8. The van der Waals surface area contributed by atoms with Gasteiger partial charge in [0.2, 0.25) is 0 Å². The van der Waals surface area contributed by atoms with Crippen molar-refractivity contribution >= 4 is 28.7 Å². The monoisotopic (exact) mass is 318 g/mol. The topological polar surface area (TPSA) is 110 Å². The van der Waals surface area contributed by atoms with Gasteiger partial charge in [0, 0.05) is 20.1 Å². The van der Waals surface area contributed by atoms with E-state index in [2.05, 4.69) is 24.9 Å². The first-order valence-electron chi connectivity index (χ1n) is 6.68. The van der Waals surface area contributed by atoms with Crippen LogP contribution in [0.5, 0.6) is 0 Å². The van der Waals surface area contributed by atoms with Crippen LogP contribution in [-0.4, -0.2) is 47.0 Å². The van der Waals surface area contributed by atoms with Crippen molar-refractivity contribution in [2.75, 3.05) is 6.61 Å². The van der Waals surface area contributed by atoms with E-state index < -0.39 is 0 Å². The third-order valence-electron chi connectivity index (χ3n) is 3.09. The summed E-state index contributed by atoms with van der Waals surface area (Å²) in [6.45, 7) is -0.0122. The van der Waals surface area contributed by atoms with E-state index >= 15 is 0 Å². The van der Waals surface area contributed by atoms with Crippen LogP contribution in [0.15, 0.2) is 29.0 Å². The normalized spacial score (nSPS) is 11.2. The molecule has 3 aromatic rings. The van der Waals surface area contributed by atoms with E-state index in [4.69, 9.17) is 5.11 Å². The Hall–Kier alpha value is -2.26. The van der Waals surface area contributed by atoms with Gasteiger partial charge < -0.3 is 14.7 Å². The molecule has 0 bridgehead atoms. The second-order valence-electron chi connectivity index (χ2n) is 4.64. The predicted octanol–water partition coefficient (Wildman–Crippen LogP) is 1.19. The highest BCUT2D eigenvalue weighted by Crippen LogP contribution is 2.32. The first-order chi connectivity index (χ1) is 10.7. The van der Waals surface area contributed by atoms with Crippen LogP contribution in [-0.2, 0) is 7.05 Å². The number of hydrogen-bond acceptors (Lipinski definition) is 7. The van der Waals surface area contributed by atoms with Crippen LogP contribution in [0.25, 0.3) is 11.2 Å². The standard InChI is InChI=1S/C13H14N6O2S/c1-19-7-18-9(8(21)3-2-4-20)13(19)22-12-10-11(15-5-14-10)16-6-17-12/h5-7,20H,2-4H2,1H3,(H,14,15,16,17). The number of H-pyrrole nitrogens is 1. The Balaban J connectivity index is 1.94. The van der Waals surface area contributed by atoms with Crippen molar-refractivity contribution in [1.82, 2.24) is 29.5 Å². The van der Waals surface area contributed by atoms with Crippen LogP contribution in [0.3, 0.4) is 0 Å². The van der Waals surface area contributed by atoms with Crippen LogP contribution < -0.4 is 0 Å². The SMILES string of the molecule is Cn1cnc(C(=O)CCCO)c1Sc1ncnc2nc[nH]c12. The average molecular weight is 318 g/mol. The zero-order valence-corrected chi connectivity index (χ0v) is 12.7. The van der Waals surface area contributed by atoms with Gasteiger partial charge in [-0.3, -0.25) is 4.79 Å². The molecule has 9 heteroatoms. The number of fused-ring (bicyclic) bond motifs is 1. The number of hydrogen-bond donors (Lipinski definition) is 2. The Morgan fingerprint density at radius 1 is 1.36 bits per heavy atom. The smallest absolute Gasteiger partial charge is 0.184 e. The molecule has 0 aromatic carbocycles. The number of Topliss-reactive ketones (excluding diaryl/α,β-unsaturated/α-hetero) is 1. The number of aromatic nitrogens is 6. The number of ketones is 1. The Bertz CT molecular complexity index is 812. The number of imidazole rings is 2. The molecule has 22 heavy (non-hydrogen) atoms. The van der Waals surface area contributed by atoms with Gasteiger partial charge in [-0.15, -0.1) is 0 Å². The predicted molar refractivity (Wildman–Crippen MR) is 79.7 cm³/mol. The third kappa shape index (κ3) is 2.72. The summed E-state index contributed by atoms with van der Waals surface area (Å²) < 4.78 is 1.78. The molecule has 0 aliphatic carbocycles. The molecule has 3 heterocycles. The average Bonchev–Trinajstić information content (AvgIpc) is 3.13. The number of aromatic amines is 1. The van der Waals surface area contributed by atoms with Gasteiger partial charge in [-0.25, -0.2) is 19.9 Å². The van der Waals surface area contributed by atoms with Crippen molar-refractivity contribution < 1.29 is 9.90 Å². The molecule has 0 amide bonds. The third-order valence-corrected chi connectivity index (χ3v) is 4.27. The lowest BCUT2D eigenvalue weighted by Gasteiger charge is -2.05. The van der Waals surface area contributed by atoms with Crippen molar-refractivity contribution in [1.29, 1.82) is 0 Å². The first-order valence-corrected chi connectivity index (χ1v) is 7.49. The summed E-state index contributed by atoms with van der Waals surface area (Å²) >= 11 is 1.34. The molecule has 8 nitrogen and oxygen atoms in total. The van der Waals surface area contributed by atoms with E-state index in [1.807, 2.05) is 7.05 Å². The molecule has 0 unspecified atom stereocenters. The van der Waals surface area contributed by atoms with Crippen molar-refractivity contribution in [2.24, 2.45) is 7.05 Å². The lowest BCUT2D eigenvalue weighted by molar-refractivity contribution is 0.0963. The minimum absolute atomic E-state index is 0.0122. The van der Waals surface area contributed by atoms with Gasteiger partial charge in [0.25, 0.3) is 0 Å². The molecule has 0 aliphatic heterocycles. The van der Waals surface area contributed by atoms with Gasteiger partial charge >= 0.3 is 0 Å². The molecule has 3 aromatic heterocycles. The molecule has 0 atom stereocenters. The zero-order chi connectivity index (χ0) is 15.5. The molecule has 0 saturated carbocycles. The summed E-state index contributed by atoms with van der Waals surface area (Å²) in [5, 5.41) is 10.2. The fraction of sp³-hybridized carbons (Fsp3) is 0.308. The second-order valence-corrected chi connectivity index (χ2v) is 5.62. The molecule has 0 saturated heterocycles. The van der Waals surface area contributed by atoms with E-state index in [9.17, 15) is 4.79 Å². The van der Waals surface area contributed by atoms with E-state index in [0.717, 1.165) is 5.52 Å². The van der Waals surface area contributed by atoms with Crippen molar-refractivity contribution in [3.05, 3.63) is 24.7 Å². The summed E-state index contributed by atoms with van der Waals surface area (Å²) in [5.74, 6) is -0.0907. The fourth-order valence-corrected chi connectivity index (χ4v) is 2.99. The minimum Gasteiger partial charge on any atom is -0.396 e. The second kappa shape index (κ2) is 6.24. The van der Waals surface area contributed by atoms with Crippen molar-refractivity contribution in [3.63, 3.8) is 0 Å². The highest BCUT2D eigenvalue weighted by atomic mass is 32.2. The maximum atomic E-state index is 12.2. The molecule has 0 fully saturated rings. The molecule has 3 rings (SSSR count).